The van der Waals surface area contributed by atoms with Crippen molar-refractivity contribution in [1.82, 2.24) is 5.43 Å². The fraction of sp³-hybridized carbons (Fsp3) is 0.167. The van der Waals surface area contributed by atoms with E-state index in [-0.39, 0.29) is 25.9 Å². The van der Waals surface area contributed by atoms with Crippen LogP contribution in [0.5, 0.6) is 23.0 Å². The minimum atomic E-state index is -0.306. The van der Waals surface area contributed by atoms with Crippen LogP contribution in [0.3, 0.4) is 0 Å². The second-order valence-corrected chi connectivity index (χ2v) is 8.39. The van der Waals surface area contributed by atoms with E-state index in [1.165, 1.54) is 6.21 Å². The van der Waals surface area contributed by atoms with Crippen LogP contribution in [0.15, 0.2) is 64.2 Å². The normalized spacial score (nSPS) is 12.0. The number of hydrazone groups is 1. The van der Waals surface area contributed by atoms with Crippen molar-refractivity contribution in [3.05, 3.63) is 75.2 Å². The van der Waals surface area contributed by atoms with Gasteiger partial charge in [0.15, 0.2) is 23.0 Å². The zero-order valence-electron chi connectivity index (χ0n) is 18.1. The van der Waals surface area contributed by atoms with E-state index < -0.39 is 0 Å². The summed E-state index contributed by atoms with van der Waals surface area (Å²) < 4.78 is 22.7. The molecule has 0 aliphatic carbocycles. The van der Waals surface area contributed by atoms with Gasteiger partial charge in [0.05, 0.1) is 24.3 Å². The quantitative estimate of drug-likeness (QED) is 0.291. The van der Waals surface area contributed by atoms with Gasteiger partial charge in [0, 0.05) is 22.3 Å². The number of carbonyl (C=O) groups excluding carboxylic acids is 1. The van der Waals surface area contributed by atoms with Gasteiger partial charge in [-0.2, -0.15) is 5.10 Å². The van der Waals surface area contributed by atoms with Crippen LogP contribution in [0.1, 0.15) is 11.1 Å². The zero-order valence-corrected chi connectivity index (χ0v) is 20.5. The van der Waals surface area contributed by atoms with Crippen molar-refractivity contribution in [2.45, 2.75) is 6.61 Å². The van der Waals surface area contributed by atoms with Crippen LogP contribution in [-0.2, 0) is 11.4 Å². The van der Waals surface area contributed by atoms with E-state index in [1.54, 1.807) is 25.3 Å². The number of methoxy groups -OCH3 is 1. The maximum absolute atomic E-state index is 12.1. The van der Waals surface area contributed by atoms with Gasteiger partial charge in [-0.3, -0.25) is 4.79 Å². The molecule has 3 aromatic rings. The van der Waals surface area contributed by atoms with Crippen LogP contribution in [0.2, 0.25) is 5.02 Å². The summed E-state index contributed by atoms with van der Waals surface area (Å²) in [6.45, 7) is 0.524. The van der Waals surface area contributed by atoms with Gasteiger partial charge in [-0.25, -0.2) is 5.43 Å². The van der Waals surface area contributed by atoms with Crippen molar-refractivity contribution in [3.8, 4) is 23.0 Å². The van der Waals surface area contributed by atoms with Crippen LogP contribution in [0.4, 0.5) is 5.69 Å². The molecule has 0 radical (unpaired) electrons. The molecule has 0 spiro atoms. The molecular weight excluding hydrogens is 526 g/mol. The first kappa shape index (κ1) is 23.7. The van der Waals surface area contributed by atoms with Crippen LogP contribution >= 0.6 is 27.5 Å². The Bertz CT molecular complexity index is 1220. The summed E-state index contributed by atoms with van der Waals surface area (Å²) in [6, 6.07) is 16.4. The molecule has 1 aliphatic rings. The van der Waals surface area contributed by atoms with Crippen molar-refractivity contribution >= 4 is 45.3 Å². The van der Waals surface area contributed by atoms with Crippen molar-refractivity contribution in [2.75, 3.05) is 25.8 Å². The highest BCUT2D eigenvalue weighted by molar-refractivity contribution is 9.10. The number of fused-ring (bicyclic) bond motifs is 1. The molecule has 3 aromatic carbocycles. The molecule has 1 heterocycles. The van der Waals surface area contributed by atoms with Gasteiger partial charge < -0.3 is 24.3 Å². The third kappa shape index (κ3) is 5.92. The Morgan fingerprint density at radius 3 is 2.82 bits per heavy atom. The molecule has 10 heteroatoms. The highest BCUT2D eigenvalue weighted by atomic mass is 79.9. The summed E-state index contributed by atoms with van der Waals surface area (Å²) in [6.07, 6.45) is 1.52. The van der Waals surface area contributed by atoms with Gasteiger partial charge >= 0.3 is 0 Å². The number of rotatable bonds is 9. The van der Waals surface area contributed by atoms with Gasteiger partial charge in [0.1, 0.15) is 6.61 Å². The number of carbonyl (C=O) groups is 1. The van der Waals surface area contributed by atoms with E-state index in [9.17, 15) is 4.79 Å². The van der Waals surface area contributed by atoms with Crippen LogP contribution < -0.4 is 29.7 Å². The average Bonchev–Trinajstić information content (AvgIpc) is 3.31. The Labute approximate surface area is 209 Å². The lowest BCUT2D eigenvalue weighted by Gasteiger charge is -2.14. The molecule has 176 valence electrons. The van der Waals surface area contributed by atoms with Gasteiger partial charge in [-0.1, -0.05) is 29.8 Å². The Kier molecular flexibility index (Phi) is 7.76. The molecule has 0 aromatic heterocycles. The lowest BCUT2D eigenvalue weighted by atomic mass is 10.2. The number of anilines is 1. The molecule has 0 bridgehead atoms. The maximum Gasteiger partial charge on any atom is 0.259 e. The summed E-state index contributed by atoms with van der Waals surface area (Å²) >= 11 is 9.71. The average molecular weight is 547 g/mol. The van der Waals surface area contributed by atoms with Crippen molar-refractivity contribution in [2.24, 2.45) is 5.10 Å². The number of benzene rings is 3. The predicted molar refractivity (Wildman–Crippen MR) is 133 cm³/mol. The standard InChI is InChI=1S/C24H21BrClN3O5/c1-31-22-9-15(8-18(25)24(22)32-13-16-4-2-3-5-19(16)26)11-28-29-23(30)12-27-17-6-7-20-21(10-17)34-14-33-20/h2-11,27H,12-14H2,1H3,(H,29,30)/b28-11-. The van der Waals surface area contributed by atoms with E-state index in [4.69, 9.17) is 30.5 Å². The Morgan fingerprint density at radius 2 is 2.00 bits per heavy atom. The topological polar surface area (TPSA) is 90.4 Å². The molecule has 34 heavy (non-hydrogen) atoms. The third-order valence-corrected chi connectivity index (χ3v) is 5.77. The van der Waals surface area contributed by atoms with Gasteiger partial charge in [0.2, 0.25) is 6.79 Å². The van der Waals surface area contributed by atoms with E-state index >= 15 is 0 Å². The number of halogens is 2. The fourth-order valence-corrected chi connectivity index (χ4v) is 3.89. The summed E-state index contributed by atoms with van der Waals surface area (Å²) in [5, 5.41) is 7.66. The molecule has 1 aliphatic heterocycles. The molecule has 0 fully saturated rings. The van der Waals surface area contributed by atoms with Crippen LogP contribution in [-0.4, -0.2) is 32.6 Å². The summed E-state index contributed by atoms with van der Waals surface area (Å²) in [4.78, 5) is 12.1. The van der Waals surface area contributed by atoms with Crippen molar-refractivity contribution < 1.29 is 23.7 Å². The SMILES string of the molecule is COc1cc(/C=N\NC(=O)CNc2ccc3c(c2)OCO3)cc(Br)c1OCc1ccccc1Cl. The van der Waals surface area contributed by atoms with E-state index in [2.05, 4.69) is 31.8 Å². The number of ether oxygens (including phenoxy) is 4. The monoisotopic (exact) mass is 545 g/mol. The minimum absolute atomic E-state index is 0.0405. The lowest BCUT2D eigenvalue weighted by Crippen LogP contribution is -2.25. The predicted octanol–water partition coefficient (Wildman–Crippen LogP) is 4.98. The molecular formula is C24H21BrClN3O5. The second kappa shape index (κ2) is 11.1. The fourth-order valence-electron chi connectivity index (χ4n) is 3.13. The number of hydrogen-bond donors (Lipinski definition) is 2. The molecule has 0 saturated heterocycles. The second-order valence-electron chi connectivity index (χ2n) is 7.13. The minimum Gasteiger partial charge on any atom is -0.493 e. The first-order valence-electron chi connectivity index (χ1n) is 10.2. The molecule has 8 nitrogen and oxygen atoms in total. The van der Waals surface area contributed by atoms with Gasteiger partial charge in [-0.15, -0.1) is 0 Å². The smallest absolute Gasteiger partial charge is 0.259 e. The Morgan fingerprint density at radius 1 is 1.18 bits per heavy atom. The zero-order chi connectivity index (χ0) is 23.9. The number of hydrogen-bond acceptors (Lipinski definition) is 7. The molecule has 0 unspecified atom stereocenters. The van der Waals surface area contributed by atoms with Crippen molar-refractivity contribution in [1.29, 1.82) is 0 Å². The summed E-state index contributed by atoms with van der Waals surface area (Å²) in [5.41, 5.74) is 4.80. The van der Waals surface area contributed by atoms with Crippen LogP contribution in [0, 0.1) is 0 Å². The first-order valence-corrected chi connectivity index (χ1v) is 11.4. The Balaban J connectivity index is 1.32. The molecule has 4 rings (SSSR count). The number of amides is 1. The van der Waals surface area contributed by atoms with Crippen molar-refractivity contribution in [3.63, 3.8) is 0 Å². The largest absolute Gasteiger partial charge is 0.493 e. The molecule has 2 N–H and O–H groups in total. The highest BCUT2D eigenvalue weighted by Crippen LogP contribution is 2.37. The number of nitrogens with zero attached hydrogens (tertiary/aromatic N) is 1. The molecule has 0 atom stereocenters. The summed E-state index contributed by atoms with van der Waals surface area (Å²) in [7, 11) is 1.55. The third-order valence-electron chi connectivity index (χ3n) is 4.81. The lowest BCUT2D eigenvalue weighted by molar-refractivity contribution is -0.119. The highest BCUT2D eigenvalue weighted by Gasteiger charge is 2.14. The first-order chi connectivity index (χ1) is 16.5. The van der Waals surface area contributed by atoms with E-state index in [1.807, 2.05) is 36.4 Å². The number of nitrogens with one attached hydrogen (secondary N) is 2. The molecule has 1 amide bonds. The van der Waals surface area contributed by atoms with E-state index in [0.29, 0.717) is 38.1 Å². The summed E-state index contributed by atoms with van der Waals surface area (Å²) in [5.74, 6) is 2.07. The van der Waals surface area contributed by atoms with Gasteiger partial charge in [0.25, 0.3) is 5.91 Å². The Hall–Kier alpha value is -3.43. The van der Waals surface area contributed by atoms with E-state index in [0.717, 1.165) is 11.3 Å². The van der Waals surface area contributed by atoms with Crippen LogP contribution in [0.25, 0.3) is 0 Å². The van der Waals surface area contributed by atoms with Gasteiger partial charge in [-0.05, 0) is 51.8 Å². The molecule has 0 saturated carbocycles. The maximum atomic E-state index is 12.1.